The number of nitrogens with zero attached hydrogens (tertiary/aromatic N) is 2. The van der Waals surface area contributed by atoms with Gasteiger partial charge in [0.1, 0.15) is 5.00 Å². The van der Waals surface area contributed by atoms with Crippen molar-refractivity contribution in [3.05, 3.63) is 39.6 Å². The second-order valence-electron chi connectivity index (χ2n) is 2.75. The summed E-state index contributed by atoms with van der Waals surface area (Å²) >= 11 is 3.32. The van der Waals surface area contributed by atoms with Crippen LogP contribution in [0.4, 0.5) is 5.00 Å². The quantitative estimate of drug-likeness (QED) is 0.860. The van der Waals surface area contributed by atoms with Crippen molar-refractivity contribution in [1.29, 1.82) is 0 Å². The molecule has 15 heavy (non-hydrogen) atoms. The molecule has 0 saturated heterocycles. The Morgan fingerprint density at radius 1 is 1.47 bits per heavy atom. The van der Waals surface area contributed by atoms with E-state index in [0.29, 0.717) is 10.6 Å². The molecule has 76 valence electrons. The van der Waals surface area contributed by atoms with Crippen LogP contribution in [-0.2, 0) is 0 Å². The van der Waals surface area contributed by atoms with Gasteiger partial charge in [-0.1, -0.05) is 10.6 Å². The van der Waals surface area contributed by atoms with Crippen molar-refractivity contribution in [1.82, 2.24) is 9.59 Å². The molecule has 2 rings (SSSR count). The first-order valence-corrected chi connectivity index (χ1v) is 5.95. The Bertz CT molecular complexity index is 472. The maximum absolute atomic E-state index is 11.7. The molecule has 1 N–H and O–H groups in total. The summed E-state index contributed by atoms with van der Waals surface area (Å²) in [6.07, 6.45) is 1.52. The number of aromatic nitrogens is 2. The smallest absolute Gasteiger partial charge is 0.256 e. The molecule has 2 aromatic rings. The summed E-state index contributed by atoms with van der Waals surface area (Å²) in [6.45, 7) is 0. The lowest BCUT2D eigenvalue weighted by Crippen LogP contribution is -2.10. The zero-order valence-electron chi connectivity index (χ0n) is 7.48. The number of nitrogens with one attached hydrogen (secondary N) is 1. The number of halogens is 1. The van der Waals surface area contributed by atoms with E-state index in [2.05, 4.69) is 37.5 Å². The molecule has 0 bridgehead atoms. The predicted molar refractivity (Wildman–Crippen MR) is 67.0 cm³/mol. The lowest BCUT2D eigenvalue weighted by atomic mass is 10.2. The normalized spacial score (nSPS) is 9.93. The summed E-state index contributed by atoms with van der Waals surface area (Å²) in [5.74, 6) is -0.139. The average Bonchev–Trinajstić information content (AvgIpc) is 2.70. The molecular weight excluding hydrogens is 325 g/mol. The molecule has 4 nitrogen and oxygen atoms in total. The van der Waals surface area contributed by atoms with E-state index < -0.39 is 0 Å². The number of carbonyl (C=O) groups excluding carboxylic acids is 1. The summed E-state index contributed by atoms with van der Waals surface area (Å²) in [4.78, 5) is 11.7. The summed E-state index contributed by atoms with van der Waals surface area (Å²) in [5.41, 5.74) is 0.635. The van der Waals surface area contributed by atoms with Crippen LogP contribution in [0, 0.1) is 3.57 Å². The van der Waals surface area contributed by atoms with Crippen LogP contribution in [-0.4, -0.2) is 15.5 Å². The first-order chi connectivity index (χ1) is 7.25. The van der Waals surface area contributed by atoms with Crippen LogP contribution < -0.4 is 5.32 Å². The van der Waals surface area contributed by atoms with Crippen LogP contribution in [0.25, 0.3) is 0 Å². The lowest BCUT2D eigenvalue weighted by Gasteiger charge is -2.01. The van der Waals surface area contributed by atoms with Crippen molar-refractivity contribution in [2.24, 2.45) is 0 Å². The fourth-order valence-corrected chi connectivity index (χ4v) is 1.99. The minimum atomic E-state index is -0.139. The first-order valence-electron chi connectivity index (χ1n) is 4.10. The van der Waals surface area contributed by atoms with Gasteiger partial charge >= 0.3 is 0 Å². The highest BCUT2D eigenvalue weighted by Gasteiger charge is 2.07. The number of rotatable bonds is 2. The molecular formula is C9H6IN3OS. The molecule has 0 saturated carbocycles. The van der Waals surface area contributed by atoms with Gasteiger partial charge in [-0.25, -0.2) is 0 Å². The Hall–Kier alpha value is -1.02. The number of benzene rings is 1. The summed E-state index contributed by atoms with van der Waals surface area (Å²) < 4.78 is 4.69. The van der Waals surface area contributed by atoms with Crippen molar-refractivity contribution in [3.8, 4) is 0 Å². The molecule has 1 heterocycles. The molecule has 0 fully saturated rings. The van der Waals surface area contributed by atoms with E-state index >= 15 is 0 Å². The number of carbonyl (C=O) groups is 1. The summed E-state index contributed by atoms with van der Waals surface area (Å²) in [5, 5.41) is 7.01. The Morgan fingerprint density at radius 3 is 3.00 bits per heavy atom. The molecule has 1 aromatic heterocycles. The predicted octanol–water partition coefficient (Wildman–Crippen LogP) is 2.40. The van der Waals surface area contributed by atoms with Gasteiger partial charge in [0.25, 0.3) is 5.91 Å². The monoisotopic (exact) mass is 331 g/mol. The number of amides is 1. The van der Waals surface area contributed by atoms with Crippen molar-refractivity contribution >= 4 is 45.0 Å². The molecule has 0 aliphatic rings. The average molecular weight is 331 g/mol. The first kappa shape index (κ1) is 10.5. The Morgan fingerprint density at radius 2 is 2.33 bits per heavy atom. The Balaban J connectivity index is 2.15. The van der Waals surface area contributed by atoms with Crippen molar-refractivity contribution in [2.45, 2.75) is 0 Å². The highest BCUT2D eigenvalue weighted by molar-refractivity contribution is 14.1. The maximum Gasteiger partial charge on any atom is 0.256 e. The molecule has 0 unspecified atom stereocenters. The molecule has 0 radical (unpaired) electrons. The summed E-state index contributed by atoms with van der Waals surface area (Å²) in [6, 6.07) is 7.38. The lowest BCUT2D eigenvalue weighted by molar-refractivity contribution is 0.102. The van der Waals surface area contributed by atoms with Gasteiger partial charge in [0.15, 0.2) is 0 Å². The highest BCUT2D eigenvalue weighted by Crippen LogP contribution is 2.13. The second kappa shape index (κ2) is 4.67. The highest BCUT2D eigenvalue weighted by atomic mass is 127. The third-order valence-electron chi connectivity index (χ3n) is 1.68. The molecule has 0 atom stereocenters. The number of hydrogen-bond acceptors (Lipinski definition) is 4. The third kappa shape index (κ3) is 2.72. The zero-order chi connectivity index (χ0) is 10.7. The van der Waals surface area contributed by atoms with Crippen LogP contribution in [0.15, 0.2) is 30.5 Å². The third-order valence-corrected chi connectivity index (χ3v) is 2.94. The second-order valence-corrected chi connectivity index (χ2v) is 4.78. The fraction of sp³-hybridized carbons (Fsp3) is 0. The van der Waals surface area contributed by atoms with E-state index in [1.165, 1.54) is 6.20 Å². The van der Waals surface area contributed by atoms with Crippen LogP contribution in [0.2, 0.25) is 0 Å². The number of anilines is 1. The van der Waals surface area contributed by atoms with Crippen molar-refractivity contribution in [2.75, 3.05) is 5.32 Å². The molecule has 0 spiro atoms. The molecule has 0 aliphatic heterocycles. The number of hydrogen-bond donors (Lipinski definition) is 1. The maximum atomic E-state index is 11.7. The van der Waals surface area contributed by atoms with Gasteiger partial charge in [-0.3, -0.25) is 4.79 Å². The van der Waals surface area contributed by atoms with E-state index in [0.717, 1.165) is 15.1 Å². The topological polar surface area (TPSA) is 54.9 Å². The van der Waals surface area contributed by atoms with Crippen molar-refractivity contribution < 1.29 is 4.79 Å². The fourth-order valence-electron chi connectivity index (χ4n) is 1.04. The van der Waals surface area contributed by atoms with Gasteiger partial charge < -0.3 is 5.32 Å². The minimum Gasteiger partial charge on any atom is -0.311 e. The molecule has 0 aliphatic carbocycles. The van der Waals surface area contributed by atoms with Gasteiger partial charge in [0, 0.05) is 20.7 Å². The molecule has 6 heteroatoms. The van der Waals surface area contributed by atoms with Gasteiger partial charge in [-0.05, 0) is 40.8 Å². The Kier molecular flexibility index (Phi) is 3.27. The van der Waals surface area contributed by atoms with Gasteiger partial charge in [-0.2, -0.15) is 0 Å². The van der Waals surface area contributed by atoms with Gasteiger partial charge in [0.05, 0.1) is 6.20 Å². The van der Waals surface area contributed by atoms with Crippen LogP contribution in [0.3, 0.4) is 0 Å². The van der Waals surface area contributed by atoms with E-state index in [9.17, 15) is 4.79 Å². The molecule has 1 aromatic carbocycles. The largest absolute Gasteiger partial charge is 0.311 e. The SMILES string of the molecule is O=C(Nc1cnns1)c1cccc(I)c1. The van der Waals surface area contributed by atoms with E-state index in [1.54, 1.807) is 6.07 Å². The summed E-state index contributed by atoms with van der Waals surface area (Å²) in [7, 11) is 0. The van der Waals surface area contributed by atoms with Crippen LogP contribution in [0.5, 0.6) is 0 Å². The molecule has 1 amide bonds. The van der Waals surface area contributed by atoms with E-state index in [1.807, 2.05) is 18.2 Å². The minimum absolute atomic E-state index is 0.139. The van der Waals surface area contributed by atoms with Gasteiger partial charge in [0.2, 0.25) is 0 Å². The standard InChI is InChI=1S/C9H6IN3OS/c10-7-3-1-2-6(4-7)9(14)12-8-5-11-13-15-8/h1-5H,(H,12,14). The van der Waals surface area contributed by atoms with Crippen molar-refractivity contribution in [3.63, 3.8) is 0 Å². The van der Waals surface area contributed by atoms with Crippen LogP contribution in [0.1, 0.15) is 10.4 Å². The van der Waals surface area contributed by atoms with E-state index in [4.69, 9.17) is 0 Å². The van der Waals surface area contributed by atoms with Crippen LogP contribution >= 0.6 is 34.1 Å². The van der Waals surface area contributed by atoms with E-state index in [-0.39, 0.29) is 5.91 Å². The Labute approximate surface area is 104 Å². The zero-order valence-corrected chi connectivity index (χ0v) is 10.4. The van der Waals surface area contributed by atoms with Gasteiger partial charge in [-0.15, -0.1) is 5.10 Å².